The van der Waals surface area contributed by atoms with E-state index in [1.807, 2.05) is 36.4 Å². The number of hydrogen-bond donors (Lipinski definition) is 2. The second-order valence-electron chi connectivity index (χ2n) is 7.24. The van der Waals surface area contributed by atoms with Gasteiger partial charge in [-0.3, -0.25) is 9.80 Å². The minimum Gasteiger partial charge on any atom is -0.473 e. The second-order valence-corrected chi connectivity index (χ2v) is 7.24. The molecule has 162 valence electrons. The van der Waals surface area contributed by atoms with Gasteiger partial charge in [-0.15, -0.1) is 0 Å². The first-order chi connectivity index (χ1) is 14.4. The molecule has 0 aliphatic carbocycles. The normalized spacial score (nSPS) is 15.5. The van der Waals surface area contributed by atoms with Crippen molar-refractivity contribution in [1.82, 2.24) is 9.80 Å². The van der Waals surface area contributed by atoms with E-state index in [-0.39, 0.29) is 0 Å². The molecule has 1 fully saturated rings. The molecule has 0 amide bonds. The van der Waals surface area contributed by atoms with E-state index in [1.165, 1.54) is 25.1 Å². The van der Waals surface area contributed by atoms with E-state index in [1.54, 1.807) is 0 Å². The summed E-state index contributed by atoms with van der Waals surface area (Å²) in [7, 11) is 0. The van der Waals surface area contributed by atoms with Crippen molar-refractivity contribution in [1.29, 1.82) is 0 Å². The number of piperazine rings is 1. The van der Waals surface area contributed by atoms with Crippen LogP contribution in [-0.4, -0.2) is 64.2 Å². The number of rotatable bonds is 6. The van der Waals surface area contributed by atoms with E-state index in [0.29, 0.717) is 6.04 Å². The van der Waals surface area contributed by atoms with Gasteiger partial charge >= 0.3 is 11.9 Å². The van der Waals surface area contributed by atoms with Crippen LogP contribution in [0.25, 0.3) is 0 Å². The maximum atomic E-state index is 9.10. The number of hydrogen-bond acceptors (Lipinski definition) is 5. The predicted molar refractivity (Wildman–Crippen MR) is 115 cm³/mol. The molecule has 2 aromatic carbocycles. The van der Waals surface area contributed by atoms with Gasteiger partial charge in [-0.1, -0.05) is 37.3 Å². The highest BCUT2D eigenvalue weighted by Gasteiger charge is 2.20. The summed E-state index contributed by atoms with van der Waals surface area (Å²) < 4.78 is 5.94. The Morgan fingerprint density at radius 1 is 0.933 bits per heavy atom. The summed E-state index contributed by atoms with van der Waals surface area (Å²) in [6.45, 7) is 10.3. The van der Waals surface area contributed by atoms with Crippen LogP contribution < -0.4 is 4.74 Å². The Hall–Kier alpha value is -2.90. The maximum Gasteiger partial charge on any atom is 0.414 e. The van der Waals surface area contributed by atoms with E-state index < -0.39 is 11.9 Å². The van der Waals surface area contributed by atoms with Crippen LogP contribution in [-0.2, 0) is 16.1 Å². The van der Waals surface area contributed by atoms with Crippen LogP contribution in [0.4, 0.5) is 0 Å². The van der Waals surface area contributed by atoms with E-state index in [4.69, 9.17) is 24.5 Å². The van der Waals surface area contributed by atoms with Crippen molar-refractivity contribution >= 4 is 11.9 Å². The average molecular weight is 415 g/mol. The number of carboxylic acid groups (broad SMARTS) is 2. The van der Waals surface area contributed by atoms with Gasteiger partial charge in [0.05, 0.1) is 0 Å². The third-order valence-corrected chi connectivity index (χ3v) is 5.09. The van der Waals surface area contributed by atoms with E-state index >= 15 is 0 Å². The quantitative estimate of drug-likeness (QED) is 0.699. The van der Waals surface area contributed by atoms with Crippen LogP contribution in [0.2, 0.25) is 0 Å². The standard InChI is InChI=1S/C21H28N2O.C2H2O4/c1-3-18(2)23-14-12-22(13-15-23)17-19-8-7-11-21(16-19)24-20-9-5-4-6-10-20;3-1(4)2(5)6/h4-11,16,18H,3,12-15,17H2,1-2H3;(H,3,4)(H,5,6). The van der Waals surface area contributed by atoms with Gasteiger partial charge in [0.2, 0.25) is 0 Å². The highest BCUT2D eigenvalue weighted by atomic mass is 16.5. The summed E-state index contributed by atoms with van der Waals surface area (Å²) in [5, 5.41) is 14.8. The van der Waals surface area contributed by atoms with E-state index in [0.717, 1.165) is 31.1 Å². The van der Waals surface area contributed by atoms with Crippen LogP contribution in [0.15, 0.2) is 54.6 Å². The van der Waals surface area contributed by atoms with Crippen molar-refractivity contribution in [3.8, 4) is 11.5 Å². The van der Waals surface area contributed by atoms with E-state index in [9.17, 15) is 0 Å². The summed E-state index contributed by atoms with van der Waals surface area (Å²) >= 11 is 0. The van der Waals surface area contributed by atoms with Gasteiger partial charge in [-0.2, -0.15) is 0 Å². The van der Waals surface area contributed by atoms with Crippen molar-refractivity contribution in [2.24, 2.45) is 0 Å². The van der Waals surface area contributed by atoms with Gasteiger partial charge in [-0.25, -0.2) is 9.59 Å². The molecule has 2 aromatic rings. The molecular formula is C23H30N2O5. The number of ether oxygens (including phenoxy) is 1. The fourth-order valence-electron chi connectivity index (χ4n) is 3.21. The first kappa shape index (κ1) is 23.4. The zero-order valence-corrected chi connectivity index (χ0v) is 17.5. The Kier molecular flexibility index (Phi) is 9.31. The summed E-state index contributed by atoms with van der Waals surface area (Å²) in [5.41, 5.74) is 1.32. The Morgan fingerprint density at radius 3 is 2.10 bits per heavy atom. The summed E-state index contributed by atoms with van der Waals surface area (Å²) in [6.07, 6.45) is 1.23. The smallest absolute Gasteiger partial charge is 0.414 e. The summed E-state index contributed by atoms with van der Waals surface area (Å²) in [6, 6.07) is 19.1. The van der Waals surface area contributed by atoms with Crippen LogP contribution in [0, 0.1) is 0 Å². The molecule has 1 aliphatic rings. The Balaban J connectivity index is 0.000000469. The number of aliphatic carboxylic acids is 2. The zero-order chi connectivity index (χ0) is 21.9. The first-order valence-corrected chi connectivity index (χ1v) is 10.1. The third kappa shape index (κ3) is 7.85. The molecule has 2 N–H and O–H groups in total. The molecule has 30 heavy (non-hydrogen) atoms. The molecular weight excluding hydrogens is 384 g/mol. The average Bonchev–Trinajstić information content (AvgIpc) is 2.75. The molecule has 1 heterocycles. The fourth-order valence-corrected chi connectivity index (χ4v) is 3.21. The Labute approximate surface area is 177 Å². The molecule has 1 atom stereocenters. The second kappa shape index (κ2) is 11.9. The summed E-state index contributed by atoms with van der Waals surface area (Å²) in [4.78, 5) is 23.3. The molecule has 1 unspecified atom stereocenters. The number of benzene rings is 2. The minimum absolute atomic E-state index is 0.703. The summed E-state index contributed by atoms with van der Waals surface area (Å²) in [5.74, 6) is -1.85. The van der Waals surface area contributed by atoms with Crippen LogP contribution in [0.5, 0.6) is 11.5 Å². The molecule has 1 saturated heterocycles. The highest BCUT2D eigenvalue weighted by Crippen LogP contribution is 2.22. The molecule has 0 radical (unpaired) electrons. The fraction of sp³-hybridized carbons (Fsp3) is 0.391. The molecule has 0 saturated carbocycles. The van der Waals surface area contributed by atoms with Crippen LogP contribution in [0.1, 0.15) is 25.8 Å². The largest absolute Gasteiger partial charge is 0.473 e. The van der Waals surface area contributed by atoms with Crippen molar-refractivity contribution in [3.05, 3.63) is 60.2 Å². The molecule has 0 aromatic heterocycles. The van der Waals surface area contributed by atoms with Gasteiger partial charge < -0.3 is 14.9 Å². The van der Waals surface area contributed by atoms with Crippen LogP contribution >= 0.6 is 0 Å². The minimum atomic E-state index is -1.82. The molecule has 3 rings (SSSR count). The Bertz CT molecular complexity index is 792. The number of nitrogens with zero attached hydrogens (tertiary/aromatic N) is 2. The van der Waals surface area contributed by atoms with E-state index in [2.05, 4.69) is 41.8 Å². The van der Waals surface area contributed by atoms with Crippen LogP contribution in [0.3, 0.4) is 0 Å². The molecule has 0 bridgehead atoms. The van der Waals surface area contributed by atoms with Gasteiger partial charge in [0.15, 0.2) is 0 Å². The molecule has 0 spiro atoms. The third-order valence-electron chi connectivity index (χ3n) is 5.09. The number of carboxylic acids is 2. The van der Waals surface area contributed by atoms with Crippen molar-refractivity contribution in [3.63, 3.8) is 0 Å². The lowest BCUT2D eigenvalue weighted by Gasteiger charge is -2.37. The van der Waals surface area contributed by atoms with Gasteiger partial charge in [0.25, 0.3) is 0 Å². The molecule has 7 nitrogen and oxygen atoms in total. The number of carbonyl (C=O) groups is 2. The molecule has 1 aliphatic heterocycles. The predicted octanol–water partition coefficient (Wildman–Crippen LogP) is 3.55. The number of para-hydroxylation sites is 1. The lowest BCUT2D eigenvalue weighted by molar-refractivity contribution is -0.159. The van der Waals surface area contributed by atoms with Crippen molar-refractivity contribution < 1.29 is 24.5 Å². The SMILES string of the molecule is CCC(C)N1CCN(Cc2cccc(Oc3ccccc3)c2)CC1.O=C(O)C(=O)O. The van der Waals surface area contributed by atoms with Gasteiger partial charge in [0, 0.05) is 38.8 Å². The Morgan fingerprint density at radius 2 is 1.53 bits per heavy atom. The topological polar surface area (TPSA) is 90.3 Å². The van der Waals surface area contributed by atoms with Gasteiger partial charge in [-0.05, 0) is 43.2 Å². The monoisotopic (exact) mass is 414 g/mol. The van der Waals surface area contributed by atoms with Gasteiger partial charge in [0.1, 0.15) is 11.5 Å². The van der Waals surface area contributed by atoms with Crippen molar-refractivity contribution in [2.75, 3.05) is 26.2 Å². The lowest BCUT2D eigenvalue weighted by Crippen LogP contribution is -2.48. The van der Waals surface area contributed by atoms with Crippen molar-refractivity contribution in [2.45, 2.75) is 32.9 Å². The molecule has 7 heteroatoms. The lowest BCUT2D eigenvalue weighted by atomic mass is 10.1. The zero-order valence-electron chi connectivity index (χ0n) is 17.5. The first-order valence-electron chi connectivity index (χ1n) is 10.1. The highest BCUT2D eigenvalue weighted by molar-refractivity contribution is 6.27. The maximum absolute atomic E-state index is 9.10.